The fraction of sp³-hybridized carbons (Fsp3) is 0.750. The highest BCUT2D eigenvalue weighted by atomic mass is 16.4. The minimum Gasteiger partial charge on any atom is -0.480 e. The minimum atomic E-state index is -1.19. The average molecular weight is 472 g/mol. The van der Waals surface area contributed by atoms with E-state index in [1.807, 2.05) is 6.92 Å². The maximum atomic E-state index is 13.2. The van der Waals surface area contributed by atoms with Gasteiger partial charge in [0.15, 0.2) is 5.96 Å². The summed E-state index contributed by atoms with van der Waals surface area (Å²) in [6.45, 7) is 3.56. The minimum absolute atomic E-state index is 0.172. The Labute approximate surface area is 193 Å². The molecule has 0 bridgehead atoms. The van der Waals surface area contributed by atoms with Crippen molar-refractivity contribution >= 4 is 29.7 Å². The Morgan fingerprint density at radius 3 is 2.42 bits per heavy atom. The molecule has 1 rings (SSSR count). The van der Waals surface area contributed by atoms with Crippen LogP contribution in [0.5, 0.6) is 0 Å². The Bertz CT molecular complexity index is 719. The molecule has 0 unspecified atom stereocenters. The lowest BCUT2D eigenvalue weighted by atomic mass is 9.97. The van der Waals surface area contributed by atoms with Crippen molar-refractivity contribution in [2.75, 3.05) is 19.7 Å². The molecule has 33 heavy (non-hydrogen) atoms. The summed E-state index contributed by atoms with van der Waals surface area (Å²) >= 11 is 0. The van der Waals surface area contributed by atoms with Gasteiger partial charge in [0.25, 0.3) is 0 Å². The van der Waals surface area contributed by atoms with Gasteiger partial charge in [-0.15, -0.1) is 0 Å². The molecule has 13 nitrogen and oxygen atoms in total. The van der Waals surface area contributed by atoms with Gasteiger partial charge in [-0.2, -0.15) is 0 Å². The molecule has 0 aromatic heterocycles. The van der Waals surface area contributed by atoms with Crippen molar-refractivity contribution in [2.45, 2.75) is 70.1 Å². The van der Waals surface area contributed by atoms with Gasteiger partial charge in [-0.1, -0.05) is 20.3 Å². The maximum absolute atomic E-state index is 13.2. The molecule has 0 aromatic carbocycles. The van der Waals surface area contributed by atoms with Gasteiger partial charge in [-0.05, 0) is 31.6 Å². The largest absolute Gasteiger partial charge is 0.480 e. The zero-order valence-electron chi connectivity index (χ0n) is 19.2. The van der Waals surface area contributed by atoms with Gasteiger partial charge in [0.2, 0.25) is 17.7 Å². The number of rotatable bonds is 13. The third-order valence-electron chi connectivity index (χ3n) is 5.75. The number of carboxylic acid groups (broad SMARTS) is 1. The zero-order chi connectivity index (χ0) is 25.1. The number of amides is 3. The van der Waals surface area contributed by atoms with E-state index in [0.29, 0.717) is 25.7 Å². The van der Waals surface area contributed by atoms with Gasteiger partial charge in [0.05, 0.1) is 6.61 Å². The van der Waals surface area contributed by atoms with Gasteiger partial charge in [0.1, 0.15) is 24.2 Å². The van der Waals surface area contributed by atoms with Crippen molar-refractivity contribution in [3.63, 3.8) is 0 Å². The Balaban J connectivity index is 3.02. The maximum Gasteiger partial charge on any atom is 0.326 e. The molecule has 0 radical (unpaired) electrons. The molecule has 1 fully saturated rings. The molecular formula is C20H37N7O6. The first-order chi connectivity index (χ1) is 15.5. The van der Waals surface area contributed by atoms with E-state index >= 15 is 0 Å². The van der Waals surface area contributed by atoms with E-state index < -0.39 is 54.5 Å². The summed E-state index contributed by atoms with van der Waals surface area (Å²) in [5.74, 6) is -3.45. The quantitative estimate of drug-likeness (QED) is 0.0817. The number of carbonyl (C=O) groups is 4. The third kappa shape index (κ3) is 8.50. The number of guanidine groups is 1. The molecule has 0 spiro atoms. The van der Waals surface area contributed by atoms with E-state index in [2.05, 4.69) is 16.0 Å². The Morgan fingerprint density at radius 2 is 1.88 bits per heavy atom. The number of carbonyl (C=O) groups excluding carboxylic acids is 3. The molecule has 10 N–H and O–H groups in total. The monoisotopic (exact) mass is 471 g/mol. The molecule has 1 saturated heterocycles. The topological polar surface area (TPSA) is 224 Å². The van der Waals surface area contributed by atoms with Crippen LogP contribution in [-0.4, -0.2) is 88.6 Å². The average Bonchev–Trinajstić information content (AvgIpc) is 3.27. The lowest BCUT2D eigenvalue weighted by Crippen LogP contribution is -2.59. The molecule has 13 heteroatoms. The molecule has 1 aliphatic rings. The highest BCUT2D eigenvalue weighted by Gasteiger charge is 2.38. The number of likely N-dealkylation sites (tertiary alicyclic amines) is 1. The second-order valence-electron chi connectivity index (χ2n) is 8.23. The fourth-order valence-corrected chi connectivity index (χ4v) is 3.58. The lowest BCUT2D eigenvalue weighted by Gasteiger charge is -2.30. The van der Waals surface area contributed by atoms with Crippen molar-refractivity contribution in [3.8, 4) is 0 Å². The first kappa shape index (κ1) is 28.1. The Kier molecular flexibility index (Phi) is 11.6. The smallest absolute Gasteiger partial charge is 0.326 e. The second-order valence-corrected chi connectivity index (χ2v) is 8.23. The summed E-state index contributed by atoms with van der Waals surface area (Å²) in [7, 11) is 0. The summed E-state index contributed by atoms with van der Waals surface area (Å²) in [6.07, 6.45) is 1.96. The van der Waals surface area contributed by atoms with Crippen LogP contribution >= 0.6 is 0 Å². The number of nitrogens with one attached hydrogen (secondary N) is 4. The van der Waals surface area contributed by atoms with Gasteiger partial charge in [-0.25, -0.2) is 4.79 Å². The molecule has 0 aliphatic carbocycles. The number of nitrogens with two attached hydrogens (primary N) is 2. The van der Waals surface area contributed by atoms with Crippen molar-refractivity contribution in [2.24, 2.45) is 17.4 Å². The summed E-state index contributed by atoms with van der Waals surface area (Å²) in [5.41, 5.74) is 10.8. The first-order valence-corrected chi connectivity index (χ1v) is 11.1. The van der Waals surface area contributed by atoms with Crippen LogP contribution in [0.3, 0.4) is 0 Å². The number of hydrogen-bond acceptors (Lipinski definition) is 7. The van der Waals surface area contributed by atoms with E-state index in [-0.39, 0.29) is 31.4 Å². The van der Waals surface area contributed by atoms with Gasteiger partial charge < -0.3 is 42.5 Å². The molecule has 5 atom stereocenters. The number of hydrogen-bond donors (Lipinski definition) is 8. The van der Waals surface area contributed by atoms with E-state index in [9.17, 15) is 24.3 Å². The predicted molar refractivity (Wildman–Crippen MR) is 120 cm³/mol. The number of aliphatic hydroxyl groups excluding tert-OH is 1. The predicted octanol–water partition coefficient (Wildman–Crippen LogP) is -2.34. The molecule has 0 aromatic rings. The van der Waals surface area contributed by atoms with Crippen LogP contribution in [-0.2, 0) is 19.2 Å². The van der Waals surface area contributed by atoms with E-state index in [1.165, 1.54) is 4.90 Å². The number of aliphatic carboxylic acids is 1. The van der Waals surface area contributed by atoms with E-state index in [0.717, 1.165) is 0 Å². The van der Waals surface area contributed by atoms with Gasteiger partial charge in [-0.3, -0.25) is 19.8 Å². The first-order valence-electron chi connectivity index (χ1n) is 11.1. The molecular weight excluding hydrogens is 434 g/mol. The van der Waals surface area contributed by atoms with E-state index in [1.54, 1.807) is 6.92 Å². The highest BCUT2D eigenvalue weighted by molar-refractivity contribution is 5.94. The third-order valence-corrected chi connectivity index (χ3v) is 5.75. The summed E-state index contributed by atoms with van der Waals surface area (Å²) in [5, 5.41) is 33.6. The normalized spacial score (nSPS) is 19.2. The second kappa shape index (κ2) is 13.6. The number of carboxylic acids is 1. The van der Waals surface area contributed by atoms with Crippen LogP contribution in [0.1, 0.15) is 46.0 Å². The van der Waals surface area contributed by atoms with Gasteiger partial charge in [0, 0.05) is 13.1 Å². The Hall–Kier alpha value is -2.93. The number of aliphatic hydroxyl groups is 1. The van der Waals surface area contributed by atoms with Crippen molar-refractivity contribution in [3.05, 3.63) is 0 Å². The lowest BCUT2D eigenvalue weighted by molar-refractivity contribution is -0.149. The van der Waals surface area contributed by atoms with Crippen LogP contribution in [0.25, 0.3) is 0 Å². The summed E-state index contributed by atoms with van der Waals surface area (Å²) in [4.78, 5) is 51.2. The zero-order valence-corrected chi connectivity index (χ0v) is 19.2. The van der Waals surface area contributed by atoms with Gasteiger partial charge >= 0.3 is 5.97 Å². The fourth-order valence-electron chi connectivity index (χ4n) is 3.58. The SMILES string of the molecule is CC[C@H](C)[C@H](NC(=O)[C@@H](N)CO)C(=O)N[C@@H](CCCNC(=N)N)C(=O)N1CCC[C@H]1C(=O)O. The van der Waals surface area contributed by atoms with Crippen molar-refractivity contribution < 1.29 is 29.4 Å². The van der Waals surface area contributed by atoms with Crippen molar-refractivity contribution in [1.82, 2.24) is 20.9 Å². The molecule has 188 valence electrons. The number of nitrogens with zero attached hydrogens (tertiary/aromatic N) is 1. The van der Waals surface area contributed by atoms with Crippen LogP contribution in [0, 0.1) is 11.3 Å². The summed E-state index contributed by atoms with van der Waals surface area (Å²) < 4.78 is 0. The van der Waals surface area contributed by atoms with Crippen molar-refractivity contribution in [1.29, 1.82) is 5.41 Å². The van der Waals surface area contributed by atoms with Crippen LogP contribution in [0.4, 0.5) is 0 Å². The summed E-state index contributed by atoms with van der Waals surface area (Å²) in [6, 6.07) is -4.18. The molecule has 3 amide bonds. The van der Waals surface area contributed by atoms with Crippen LogP contribution < -0.4 is 27.4 Å². The Morgan fingerprint density at radius 1 is 1.21 bits per heavy atom. The highest BCUT2D eigenvalue weighted by Crippen LogP contribution is 2.20. The van der Waals surface area contributed by atoms with E-state index in [4.69, 9.17) is 22.0 Å². The molecule has 0 saturated carbocycles. The standard InChI is InChI=1S/C20H37N7O6/c1-3-11(2)15(26-16(29)12(21)10-28)17(30)25-13(6-4-8-24-20(22)23)18(31)27-9-5-7-14(27)19(32)33/h11-15,28H,3-10,21H2,1-2H3,(H,25,30)(H,26,29)(H,32,33)(H4,22,23,24)/t11-,12-,13-,14-,15-/m0/s1. The molecule has 1 aliphatic heterocycles. The molecule has 1 heterocycles. The van der Waals surface area contributed by atoms with Crippen LogP contribution in [0.2, 0.25) is 0 Å². The van der Waals surface area contributed by atoms with Crippen LogP contribution in [0.15, 0.2) is 0 Å².